The second-order valence-electron chi connectivity index (χ2n) is 2.39. The van der Waals surface area contributed by atoms with Crippen molar-refractivity contribution in [1.29, 1.82) is 0 Å². The van der Waals surface area contributed by atoms with Gasteiger partial charge in [0.25, 0.3) is 0 Å². The van der Waals surface area contributed by atoms with Crippen molar-refractivity contribution in [3.8, 4) is 0 Å². The zero-order valence-corrected chi connectivity index (χ0v) is 8.99. The van der Waals surface area contributed by atoms with Crippen LogP contribution in [-0.2, 0) is 0 Å². The molecule has 0 amide bonds. The Balaban J connectivity index is 3.37. The number of hydrogen-bond acceptors (Lipinski definition) is 0. The van der Waals surface area contributed by atoms with Crippen LogP contribution in [0.25, 0.3) is 12.2 Å². The number of hydrogen-bond donors (Lipinski definition) is 0. The van der Waals surface area contributed by atoms with Crippen LogP contribution in [0.3, 0.4) is 0 Å². The maximum absolute atomic E-state index is 3.69. The van der Waals surface area contributed by atoms with E-state index in [9.17, 15) is 0 Å². The molecule has 12 heavy (non-hydrogen) atoms. The van der Waals surface area contributed by atoms with Gasteiger partial charge in [-0.05, 0) is 10.4 Å². The molecular formula is C11H11I. The molecule has 0 N–H and O–H groups in total. The van der Waals surface area contributed by atoms with Gasteiger partial charge in [0, 0.05) is 4.43 Å². The van der Waals surface area contributed by atoms with Gasteiger partial charge in [0.05, 0.1) is 0 Å². The third kappa shape index (κ3) is 2.48. The van der Waals surface area contributed by atoms with Gasteiger partial charge >= 0.3 is 0 Å². The predicted molar refractivity (Wildman–Crippen MR) is 63.7 cm³/mol. The van der Waals surface area contributed by atoms with E-state index in [0.29, 0.717) is 0 Å². The van der Waals surface area contributed by atoms with Crippen LogP contribution in [0.1, 0.15) is 0 Å². The fourth-order valence-corrected chi connectivity index (χ4v) is 1.53. The predicted octanol–water partition coefficient (Wildman–Crippen LogP) is 1.87. The van der Waals surface area contributed by atoms with Crippen molar-refractivity contribution in [3.05, 3.63) is 47.4 Å². The standard InChI is InChI=1S/C11H11I/c1-2-5-10-6-3-4-7-11(10)8-9-12/h2-8H,1,9H2/b10-5-,11-8-. The Morgan fingerprint density at radius 3 is 2.50 bits per heavy atom. The molecule has 0 unspecified atom stereocenters. The monoisotopic (exact) mass is 270 g/mol. The van der Waals surface area contributed by atoms with Crippen molar-refractivity contribution in [2.45, 2.75) is 0 Å². The maximum atomic E-state index is 3.69. The molecular weight excluding hydrogens is 259 g/mol. The first-order valence-electron chi connectivity index (χ1n) is 3.82. The van der Waals surface area contributed by atoms with Gasteiger partial charge in [-0.25, -0.2) is 0 Å². The summed E-state index contributed by atoms with van der Waals surface area (Å²) in [5, 5.41) is 2.52. The van der Waals surface area contributed by atoms with Crippen molar-refractivity contribution >= 4 is 34.7 Å². The van der Waals surface area contributed by atoms with Crippen molar-refractivity contribution in [3.63, 3.8) is 0 Å². The minimum absolute atomic E-state index is 1.04. The molecule has 0 bridgehead atoms. The van der Waals surface area contributed by atoms with Crippen LogP contribution in [-0.4, -0.2) is 4.43 Å². The highest BCUT2D eigenvalue weighted by molar-refractivity contribution is 14.1. The van der Waals surface area contributed by atoms with E-state index in [1.165, 1.54) is 10.4 Å². The van der Waals surface area contributed by atoms with E-state index >= 15 is 0 Å². The molecule has 1 heteroatoms. The second-order valence-corrected chi connectivity index (χ2v) is 3.27. The van der Waals surface area contributed by atoms with Crippen LogP contribution in [0.15, 0.2) is 36.9 Å². The summed E-state index contributed by atoms with van der Waals surface area (Å²) in [7, 11) is 0. The molecule has 1 aromatic rings. The highest BCUT2D eigenvalue weighted by atomic mass is 127. The van der Waals surface area contributed by atoms with Crippen molar-refractivity contribution in [1.82, 2.24) is 0 Å². The minimum Gasteiger partial charge on any atom is -0.0990 e. The molecule has 1 rings (SSSR count). The van der Waals surface area contributed by atoms with Gasteiger partial charge < -0.3 is 0 Å². The Morgan fingerprint density at radius 2 is 1.92 bits per heavy atom. The van der Waals surface area contributed by atoms with Gasteiger partial charge in [0.15, 0.2) is 0 Å². The van der Waals surface area contributed by atoms with E-state index in [1.54, 1.807) is 0 Å². The highest BCUT2D eigenvalue weighted by Crippen LogP contribution is 1.80. The van der Waals surface area contributed by atoms with Crippen LogP contribution in [0.5, 0.6) is 0 Å². The summed E-state index contributed by atoms with van der Waals surface area (Å²) in [5.41, 5.74) is 0. The smallest absolute Gasteiger partial charge is 0.0184 e. The summed E-state index contributed by atoms with van der Waals surface area (Å²) in [6.45, 7) is 3.69. The highest BCUT2D eigenvalue weighted by Gasteiger charge is 1.80. The van der Waals surface area contributed by atoms with Crippen LogP contribution in [0.2, 0.25) is 0 Å². The van der Waals surface area contributed by atoms with Gasteiger partial charge in [-0.2, -0.15) is 0 Å². The third-order valence-corrected chi connectivity index (χ3v) is 2.03. The molecule has 0 aliphatic rings. The molecule has 0 aliphatic heterocycles. The Bertz CT molecular complexity index is 363. The fraction of sp³-hybridized carbons (Fsp3) is 0.0909. The van der Waals surface area contributed by atoms with Gasteiger partial charge in [-0.15, -0.1) is 0 Å². The first-order chi connectivity index (χ1) is 5.88. The third-order valence-electron chi connectivity index (χ3n) is 1.59. The lowest BCUT2D eigenvalue weighted by molar-refractivity contribution is 1.51. The molecule has 1 aromatic carbocycles. The molecule has 0 heterocycles. The number of rotatable bonds is 2. The van der Waals surface area contributed by atoms with Crippen LogP contribution >= 0.6 is 22.6 Å². The Labute approximate surface area is 86.4 Å². The Kier molecular flexibility index (Phi) is 4.08. The van der Waals surface area contributed by atoms with Gasteiger partial charge in [-0.3, -0.25) is 0 Å². The molecule has 0 nitrogen and oxygen atoms in total. The topological polar surface area (TPSA) is 0 Å². The maximum Gasteiger partial charge on any atom is 0.0184 e. The number of allylic oxidation sites excluding steroid dienone is 1. The van der Waals surface area contributed by atoms with Crippen LogP contribution in [0, 0.1) is 0 Å². The molecule has 0 aromatic heterocycles. The molecule has 0 aliphatic carbocycles. The van der Waals surface area contributed by atoms with E-state index in [2.05, 4.69) is 53.4 Å². The molecule has 0 spiro atoms. The molecule has 0 atom stereocenters. The largest absolute Gasteiger partial charge is 0.0990 e. The van der Waals surface area contributed by atoms with E-state index in [-0.39, 0.29) is 0 Å². The normalized spacial score (nSPS) is 13.4. The lowest BCUT2D eigenvalue weighted by Crippen LogP contribution is -2.23. The summed E-state index contributed by atoms with van der Waals surface area (Å²) in [5.74, 6) is 0. The first kappa shape index (κ1) is 9.52. The van der Waals surface area contributed by atoms with Gasteiger partial charge in [0.1, 0.15) is 0 Å². The van der Waals surface area contributed by atoms with Crippen LogP contribution in [0.4, 0.5) is 0 Å². The van der Waals surface area contributed by atoms with Gasteiger partial charge in [0.2, 0.25) is 0 Å². The first-order valence-corrected chi connectivity index (χ1v) is 5.35. The van der Waals surface area contributed by atoms with E-state index in [4.69, 9.17) is 0 Å². The molecule has 0 radical (unpaired) electrons. The lowest BCUT2D eigenvalue weighted by Gasteiger charge is -1.87. The summed E-state index contributed by atoms with van der Waals surface area (Å²) >= 11 is 2.34. The molecule has 62 valence electrons. The van der Waals surface area contributed by atoms with Crippen molar-refractivity contribution in [2.75, 3.05) is 4.43 Å². The zero-order chi connectivity index (χ0) is 8.81. The molecule has 0 fully saturated rings. The van der Waals surface area contributed by atoms with Crippen molar-refractivity contribution in [2.24, 2.45) is 0 Å². The van der Waals surface area contributed by atoms with Gasteiger partial charge in [-0.1, -0.05) is 71.7 Å². The Morgan fingerprint density at radius 1 is 1.25 bits per heavy atom. The molecule has 0 saturated carbocycles. The average molecular weight is 270 g/mol. The molecule has 0 saturated heterocycles. The number of benzene rings is 1. The summed E-state index contributed by atoms with van der Waals surface area (Å²) in [6, 6.07) is 8.31. The van der Waals surface area contributed by atoms with E-state index in [0.717, 1.165) is 4.43 Å². The van der Waals surface area contributed by atoms with Crippen molar-refractivity contribution < 1.29 is 0 Å². The number of halogens is 1. The minimum atomic E-state index is 1.04. The Hall–Kier alpha value is -0.570. The number of alkyl halides is 1. The van der Waals surface area contributed by atoms with E-state index in [1.807, 2.05) is 18.2 Å². The summed E-state index contributed by atoms with van der Waals surface area (Å²) in [6.07, 6.45) is 6.05. The second kappa shape index (κ2) is 5.14. The quantitative estimate of drug-likeness (QED) is 0.568. The fourth-order valence-electron chi connectivity index (χ4n) is 1.06. The lowest BCUT2D eigenvalue weighted by atomic mass is 10.2. The zero-order valence-electron chi connectivity index (χ0n) is 6.83. The summed E-state index contributed by atoms with van der Waals surface area (Å²) < 4.78 is 1.04. The van der Waals surface area contributed by atoms with Crippen LogP contribution < -0.4 is 10.4 Å². The van der Waals surface area contributed by atoms with E-state index < -0.39 is 0 Å². The average Bonchev–Trinajstić information content (AvgIpc) is 2.09. The SMILES string of the molecule is C=C/C=c1/cccc/c1=C/CI. The summed E-state index contributed by atoms with van der Waals surface area (Å²) in [4.78, 5) is 0.